The molecule has 0 saturated carbocycles. The Kier molecular flexibility index (Phi) is 9.71. The first-order valence-corrected chi connectivity index (χ1v) is 15.7. The molecule has 4 aromatic carbocycles. The van der Waals surface area contributed by atoms with Crippen LogP contribution in [0.4, 0.5) is 0 Å². The van der Waals surface area contributed by atoms with Crippen molar-refractivity contribution in [2.24, 2.45) is 0 Å². The van der Waals surface area contributed by atoms with Crippen LogP contribution >= 0.6 is 0 Å². The van der Waals surface area contributed by atoms with Crippen LogP contribution < -0.4 is 9.47 Å². The number of epoxide rings is 2. The van der Waals surface area contributed by atoms with Gasteiger partial charge in [-0.15, -0.1) is 0 Å². The maximum Gasteiger partial charge on any atom is 0.338 e. The van der Waals surface area contributed by atoms with Crippen LogP contribution in [-0.2, 0) is 28.4 Å². The number of pyridine rings is 1. The Bertz CT molecular complexity index is 1790. The van der Waals surface area contributed by atoms with Crippen molar-refractivity contribution in [2.75, 3.05) is 52.9 Å². The highest BCUT2D eigenvalue weighted by Crippen LogP contribution is 2.30. The highest BCUT2D eigenvalue weighted by atomic mass is 16.6. The lowest BCUT2D eigenvalue weighted by Crippen LogP contribution is -2.12. The summed E-state index contributed by atoms with van der Waals surface area (Å²) in [5.41, 5.74) is 0.924. The number of aromatic nitrogens is 1. The number of carbonyl (C=O) groups is 2. The lowest BCUT2D eigenvalue weighted by molar-refractivity contribution is 0.0290. The predicted octanol–water partition coefficient (Wildman–Crippen LogP) is 6.12. The van der Waals surface area contributed by atoms with E-state index in [2.05, 4.69) is 4.98 Å². The Hall–Kier alpha value is -5.07. The molecular weight excluding hydrogens is 618 g/mol. The first-order chi connectivity index (χ1) is 23.6. The van der Waals surface area contributed by atoms with E-state index in [1.165, 1.54) is 0 Å². The van der Waals surface area contributed by atoms with Crippen LogP contribution in [0.1, 0.15) is 20.7 Å². The van der Waals surface area contributed by atoms with Crippen LogP contribution in [0.5, 0.6) is 23.1 Å². The van der Waals surface area contributed by atoms with Crippen LogP contribution in [-0.4, -0.2) is 82.0 Å². The smallest absolute Gasteiger partial charge is 0.338 e. The fraction of sp³-hybridized carbons (Fsp3) is 0.270. The SMILES string of the molecule is O=C(OCCOCC1CO1)c1ccc2cc(Oc3ccnc(Oc4ccc5cc(C(=O)OCCOCC6CO6)ccc5c4)c3)ccc2c1. The van der Waals surface area contributed by atoms with E-state index in [-0.39, 0.29) is 25.4 Å². The van der Waals surface area contributed by atoms with Crippen LogP contribution in [0.2, 0.25) is 0 Å². The minimum absolute atomic E-state index is 0.181. The van der Waals surface area contributed by atoms with Crippen molar-refractivity contribution < 1.29 is 47.5 Å². The molecule has 2 saturated heterocycles. The quantitative estimate of drug-likeness (QED) is 0.0696. The van der Waals surface area contributed by atoms with Gasteiger partial charge in [0.15, 0.2) is 0 Å². The molecule has 2 fully saturated rings. The molecule has 2 atom stereocenters. The minimum Gasteiger partial charge on any atom is -0.460 e. The predicted molar refractivity (Wildman–Crippen MR) is 174 cm³/mol. The zero-order valence-corrected chi connectivity index (χ0v) is 26.0. The van der Waals surface area contributed by atoms with Gasteiger partial charge < -0.3 is 37.9 Å². The van der Waals surface area contributed by atoms with Gasteiger partial charge in [-0.2, -0.15) is 0 Å². The standard InChI is InChI=1S/C37H33NO10/c39-36(43-13-11-41-20-33-22-45-33)28-3-1-26-17-30(7-5-24(26)15-28)47-32-9-10-38-35(19-32)48-31-8-6-25-16-29(4-2-27(25)18-31)37(40)44-14-12-42-21-34-23-46-34/h1-10,15-19,33-34H,11-14,20-23H2. The van der Waals surface area contributed by atoms with E-state index in [1.807, 2.05) is 48.5 Å². The second-order valence-electron chi connectivity index (χ2n) is 11.3. The Morgan fingerprint density at radius 1 is 0.583 bits per heavy atom. The molecule has 246 valence electrons. The number of nitrogens with zero attached hydrogens (tertiary/aromatic N) is 1. The molecule has 0 radical (unpaired) electrons. The fourth-order valence-electron chi connectivity index (χ4n) is 4.91. The van der Waals surface area contributed by atoms with E-state index in [4.69, 9.17) is 37.9 Å². The summed E-state index contributed by atoms with van der Waals surface area (Å²) in [4.78, 5) is 29.3. The van der Waals surface area contributed by atoms with Crippen LogP contribution in [0.15, 0.2) is 91.1 Å². The van der Waals surface area contributed by atoms with Crippen molar-refractivity contribution in [1.82, 2.24) is 4.98 Å². The molecule has 2 unspecified atom stereocenters. The van der Waals surface area contributed by atoms with Crippen LogP contribution in [0.3, 0.4) is 0 Å². The molecule has 1 aromatic heterocycles. The van der Waals surface area contributed by atoms with Gasteiger partial charge >= 0.3 is 11.9 Å². The van der Waals surface area contributed by atoms with Crippen molar-refractivity contribution in [1.29, 1.82) is 0 Å². The van der Waals surface area contributed by atoms with Gasteiger partial charge in [0.05, 0.1) is 50.8 Å². The number of hydrogen-bond acceptors (Lipinski definition) is 11. The van der Waals surface area contributed by atoms with Crippen LogP contribution in [0, 0.1) is 0 Å². The van der Waals surface area contributed by atoms with E-state index < -0.39 is 11.9 Å². The fourth-order valence-corrected chi connectivity index (χ4v) is 4.91. The maximum atomic E-state index is 12.5. The zero-order valence-electron chi connectivity index (χ0n) is 26.0. The van der Waals surface area contributed by atoms with Crippen molar-refractivity contribution >= 4 is 33.5 Å². The summed E-state index contributed by atoms with van der Waals surface area (Å²) in [5, 5.41) is 3.55. The summed E-state index contributed by atoms with van der Waals surface area (Å²) in [6.45, 7) is 3.53. The molecule has 0 aliphatic carbocycles. The Morgan fingerprint density at radius 3 is 1.60 bits per heavy atom. The molecule has 2 aliphatic heterocycles. The summed E-state index contributed by atoms with van der Waals surface area (Å²) in [5.74, 6) is 1.30. The number of hydrogen-bond donors (Lipinski definition) is 0. The Labute approximate surface area is 276 Å². The van der Waals surface area contributed by atoms with Crippen molar-refractivity contribution in [2.45, 2.75) is 12.2 Å². The average molecular weight is 652 g/mol. The van der Waals surface area contributed by atoms with E-state index in [0.717, 1.165) is 34.8 Å². The molecule has 48 heavy (non-hydrogen) atoms. The van der Waals surface area contributed by atoms with E-state index in [9.17, 15) is 9.59 Å². The topological polar surface area (TPSA) is 127 Å². The number of fused-ring (bicyclic) bond motifs is 2. The Balaban J connectivity index is 0.927. The third-order valence-corrected chi connectivity index (χ3v) is 7.59. The summed E-state index contributed by atoms with van der Waals surface area (Å²) in [6.07, 6.45) is 1.97. The third kappa shape index (κ3) is 8.64. The monoisotopic (exact) mass is 651 g/mol. The van der Waals surface area contributed by atoms with Crippen molar-refractivity contribution in [3.63, 3.8) is 0 Å². The zero-order chi connectivity index (χ0) is 32.7. The highest BCUT2D eigenvalue weighted by molar-refractivity contribution is 5.96. The van der Waals surface area contributed by atoms with Crippen molar-refractivity contribution in [3.05, 3.63) is 102 Å². The highest BCUT2D eigenvalue weighted by Gasteiger charge is 2.23. The van der Waals surface area contributed by atoms with Gasteiger partial charge in [0.2, 0.25) is 5.88 Å². The van der Waals surface area contributed by atoms with Gasteiger partial charge in [-0.25, -0.2) is 14.6 Å². The molecule has 11 nitrogen and oxygen atoms in total. The van der Waals surface area contributed by atoms with Gasteiger partial charge in [-0.1, -0.05) is 24.3 Å². The number of esters is 2. The molecular formula is C37H33NO10. The van der Waals surface area contributed by atoms with Crippen LogP contribution in [0.25, 0.3) is 21.5 Å². The molecule has 0 amide bonds. The second kappa shape index (κ2) is 14.8. The number of carbonyl (C=O) groups excluding carboxylic acids is 2. The molecule has 0 bridgehead atoms. The lowest BCUT2D eigenvalue weighted by Gasteiger charge is -2.10. The summed E-state index contributed by atoms with van der Waals surface area (Å²) in [6, 6.07) is 25.3. The first kappa shape index (κ1) is 31.5. The molecule has 3 heterocycles. The number of benzene rings is 4. The number of ether oxygens (including phenoxy) is 8. The minimum atomic E-state index is -0.405. The molecule has 0 N–H and O–H groups in total. The summed E-state index contributed by atoms with van der Waals surface area (Å²) >= 11 is 0. The molecule has 7 rings (SSSR count). The molecule has 2 aliphatic rings. The average Bonchev–Trinajstić information content (AvgIpc) is 4.04. The Morgan fingerprint density at radius 2 is 1.06 bits per heavy atom. The summed E-state index contributed by atoms with van der Waals surface area (Å²) in [7, 11) is 0. The van der Waals surface area contributed by atoms with E-state index in [0.29, 0.717) is 60.7 Å². The molecule has 5 aromatic rings. The maximum absolute atomic E-state index is 12.5. The van der Waals surface area contributed by atoms with Gasteiger partial charge in [0.25, 0.3) is 0 Å². The largest absolute Gasteiger partial charge is 0.460 e. The third-order valence-electron chi connectivity index (χ3n) is 7.59. The van der Waals surface area contributed by atoms with Gasteiger partial charge in [0, 0.05) is 12.3 Å². The van der Waals surface area contributed by atoms with Crippen molar-refractivity contribution in [3.8, 4) is 23.1 Å². The van der Waals surface area contributed by atoms with Gasteiger partial charge in [-0.05, 0) is 76.1 Å². The molecule has 0 spiro atoms. The summed E-state index contributed by atoms with van der Waals surface area (Å²) < 4.78 is 43.8. The molecule has 11 heteroatoms. The lowest BCUT2D eigenvalue weighted by atomic mass is 10.1. The van der Waals surface area contributed by atoms with E-state index in [1.54, 1.807) is 42.6 Å². The van der Waals surface area contributed by atoms with E-state index >= 15 is 0 Å². The van der Waals surface area contributed by atoms with Gasteiger partial charge in [0.1, 0.15) is 42.7 Å². The normalized spacial score (nSPS) is 16.4. The number of rotatable bonds is 16. The first-order valence-electron chi connectivity index (χ1n) is 15.7. The van der Waals surface area contributed by atoms with Gasteiger partial charge in [-0.3, -0.25) is 0 Å². The second-order valence-corrected chi connectivity index (χ2v) is 11.3.